The summed E-state index contributed by atoms with van der Waals surface area (Å²) in [5.74, 6) is 0.380. The van der Waals surface area contributed by atoms with Crippen molar-refractivity contribution in [1.29, 1.82) is 0 Å². The van der Waals surface area contributed by atoms with E-state index in [1.807, 2.05) is 61.5 Å². The minimum Gasteiger partial charge on any atom is -0.422 e. The highest BCUT2D eigenvalue weighted by molar-refractivity contribution is 6.28. The van der Waals surface area contributed by atoms with E-state index < -0.39 is 0 Å². The predicted octanol–water partition coefficient (Wildman–Crippen LogP) is 3.54. The van der Waals surface area contributed by atoms with Gasteiger partial charge in [0.15, 0.2) is 0 Å². The first-order valence-electron chi connectivity index (χ1n) is 5.85. The molecule has 0 aromatic heterocycles. The molecule has 2 heteroatoms. The summed E-state index contributed by atoms with van der Waals surface area (Å²) in [5.41, 5.74) is 3.53. The zero-order chi connectivity index (χ0) is 12.5. The van der Waals surface area contributed by atoms with Crippen molar-refractivity contribution >= 4 is 17.1 Å². The maximum atomic E-state index is 12.0. The maximum absolute atomic E-state index is 12.0. The van der Waals surface area contributed by atoms with Gasteiger partial charge in [-0.3, -0.25) is 0 Å². The van der Waals surface area contributed by atoms with Crippen LogP contribution in [0.2, 0.25) is 0 Å². The third-order valence-corrected chi connectivity index (χ3v) is 3.14. The Kier molecular flexibility index (Phi) is 2.49. The molecular weight excluding hydrogens is 224 g/mol. The smallest absolute Gasteiger partial charge is 0.344 e. The van der Waals surface area contributed by atoms with Gasteiger partial charge in [-0.25, -0.2) is 4.79 Å². The lowest BCUT2D eigenvalue weighted by molar-refractivity contribution is -0.126. The van der Waals surface area contributed by atoms with Crippen molar-refractivity contribution in [2.45, 2.75) is 6.92 Å². The van der Waals surface area contributed by atoms with Gasteiger partial charge in [0.05, 0.1) is 5.57 Å². The third-order valence-electron chi connectivity index (χ3n) is 3.14. The first-order valence-corrected chi connectivity index (χ1v) is 5.85. The highest BCUT2D eigenvalue weighted by atomic mass is 16.5. The van der Waals surface area contributed by atoms with E-state index in [1.54, 1.807) is 0 Å². The SMILES string of the molecule is C/C(=C1\C(=O)Oc2ccccc21)c1ccccc1. The molecule has 2 aromatic carbocycles. The van der Waals surface area contributed by atoms with Gasteiger partial charge in [-0.1, -0.05) is 48.5 Å². The Morgan fingerprint density at radius 3 is 2.39 bits per heavy atom. The van der Waals surface area contributed by atoms with Crippen molar-refractivity contribution in [2.24, 2.45) is 0 Å². The van der Waals surface area contributed by atoms with Gasteiger partial charge in [0.1, 0.15) is 5.75 Å². The number of allylic oxidation sites excluding steroid dienone is 1. The number of para-hydroxylation sites is 1. The minimum absolute atomic E-state index is 0.266. The number of esters is 1. The van der Waals surface area contributed by atoms with Gasteiger partial charge in [-0.2, -0.15) is 0 Å². The van der Waals surface area contributed by atoms with Crippen LogP contribution in [0.4, 0.5) is 0 Å². The summed E-state index contributed by atoms with van der Waals surface area (Å²) in [6.07, 6.45) is 0. The van der Waals surface area contributed by atoms with E-state index >= 15 is 0 Å². The number of carbonyl (C=O) groups excluding carboxylic acids is 1. The molecule has 3 rings (SSSR count). The fraction of sp³-hybridized carbons (Fsp3) is 0.0625. The molecule has 0 radical (unpaired) electrons. The monoisotopic (exact) mass is 236 g/mol. The Labute approximate surface area is 106 Å². The molecule has 1 heterocycles. The van der Waals surface area contributed by atoms with Crippen LogP contribution in [0.25, 0.3) is 11.1 Å². The Balaban J connectivity index is 2.20. The molecule has 0 fully saturated rings. The van der Waals surface area contributed by atoms with Crippen molar-refractivity contribution in [2.75, 3.05) is 0 Å². The summed E-state index contributed by atoms with van der Waals surface area (Å²) < 4.78 is 5.27. The molecule has 88 valence electrons. The van der Waals surface area contributed by atoms with Gasteiger partial charge < -0.3 is 4.74 Å². The molecule has 0 aliphatic carbocycles. The fourth-order valence-corrected chi connectivity index (χ4v) is 2.21. The van der Waals surface area contributed by atoms with E-state index in [9.17, 15) is 4.79 Å². The lowest BCUT2D eigenvalue weighted by Gasteiger charge is -2.04. The number of carbonyl (C=O) groups is 1. The summed E-state index contributed by atoms with van der Waals surface area (Å²) in [6.45, 7) is 1.95. The molecule has 0 atom stereocenters. The summed E-state index contributed by atoms with van der Waals surface area (Å²) >= 11 is 0. The van der Waals surface area contributed by atoms with Crippen molar-refractivity contribution in [3.63, 3.8) is 0 Å². The van der Waals surface area contributed by atoms with Gasteiger partial charge in [0, 0.05) is 5.56 Å². The topological polar surface area (TPSA) is 26.3 Å². The maximum Gasteiger partial charge on any atom is 0.344 e. The molecule has 1 aliphatic heterocycles. The van der Waals surface area contributed by atoms with Gasteiger partial charge in [-0.05, 0) is 24.1 Å². The predicted molar refractivity (Wildman–Crippen MR) is 71.0 cm³/mol. The van der Waals surface area contributed by atoms with Crippen molar-refractivity contribution < 1.29 is 9.53 Å². The van der Waals surface area contributed by atoms with Crippen LogP contribution >= 0.6 is 0 Å². The fourth-order valence-electron chi connectivity index (χ4n) is 2.21. The second-order valence-electron chi connectivity index (χ2n) is 4.25. The number of hydrogen-bond donors (Lipinski definition) is 0. The van der Waals surface area contributed by atoms with Gasteiger partial charge in [-0.15, -0.1) is 0 Å². The van der Waals surface area contributed by atoms with Crippen LogP contribution in [0.15, 0.2) is 54.6 Å². The molecule has 18 heavy (non-hydrogen) atoms. The number of benzene rings is 2. The Morgan fingerprint density at radius 2 is 1.61 bits per heavy atom. The quantitative estimate of drug-likeness (QED) is 0.430. The lowest BCUT2D eigenvalue weighted by Crippen LogP contribution is -2.02. The second-order valence-corrected chi connectivity index (χ2v) is 4.25. The molecule has 2 aromatic rings. The highest BCUT2D eigenvalue weighted by Gasteiger charge is 2.28. The van der Waals surface area contributed by atoms with Crippen LogP contribution in [-0.2, 0) is 4.79 Å². The van der Waals surface area contributed by atoms with E-state index in [-0.39, 0.29) is 5.97 Å². The van der Waals surface area contributed by atoms with Gasteiger partial charge in [0.25, 0.3) is 0 Å². The summed E-state index contributed by atoms with van der Waals surface area (Å²) in [4.78, 5) is 12.0. The molecule has 0 unspecified atom stereocenters. The normalized spacial score (nSPS) is 16.2. The van der Waals surface area contributed by atoms with E-state index in [0.717, 1.165) is 16.7 Å². The highest BCUT2D eigenvalue weighted by Crippen LogP contribution is 2.38. The van der Waals surface area contributed by atoms with Crippen molar-refractivity contribution in [1.82, 2.24) is 0 Å². The van der Waals surface area contributed by atoms with Crippen LogP contribution in [0, 0.1) is 0 Å². The zero-order valence-electron chi connectivity index (χ0n) is 10.0. The van der Waals surface area contributed by atoms with Crippen LogP contribution in [0.3, 0.4) is 0 Å². The molecule has 0 N–H and O–H groups in total. The number of ether oxygens (including phenoxy) is 1. The van der Waals surface area contributed by atoms with Crippen LogP contribution < -0.4 is 4.74 Å². The van der Waals surface area contributed by atoms with Crippen LogP contribution in [-0.4, -0.2) is 5.97 Å². The first-order chi connectivity index (χ1) is 8.77. The number of fused-ring (bicyclic) bond motifs is 1. The van der Waals surface area contributed by atoms with Crippen LogP contribution in [0.1, 0.15) is 18.1 Å². The summed E-state index contributed by atoms with van der Waals surface area (Å²) in [6, 6.07) is 17.4. The van der Waals surface area contributed by atoms with E-state index in [4.69, 9.17) is 4.74 Å². The molecule has 1 aliphatic rings. The van der Waals surface area contributed by atoms with E-state index in [2.05, 4.69) is 0 Å². The second kappa shape index (κ2) is 4.15. The molecule has 2 nitrogen and oxygen atoms in total. The van der Waals surface area contributed by atoms with E-state index in [1.165, 1.54) is 0 Å². The average molecular weight is 236 g/mol. The largest absolute Gasteiger partial charge is 0.422 e. The number of rotatable bonds is 1. The minimum atomic E-state index is -0.266. The lowest BCUT2D eigenvalue weighted by atomic mass is 9.97. The van der Waals surface area contributed by atoms with Gasteiger partial charge in [0.2, 0.25) is 0 Å². The molecule has 0 amide bonds. The summed E-state index contributed by atoms with van der Waals surface area (Å²) in [7, 11) is 0. The molecule has 0 saturated heterocycles. The molecule has 0 saturated carbocycles. The summed E-state index contributed by atoms with van der Waals surface area (Å²) in [5, 5.41) is 0. The zero-order valence-corrected chi connectivity index (χ0v) is 10.0. The average Bonchev–Trinajstić information content (AvgIpc) is 2.75. The standard InChI is InChI=1S/C16H12O2/c1-11(12-7-3-2-4-8-12)15-13-9-5-6-10-14(13)18-16(15)17/h2-10H,1H3/b15-11+. The van der Waals surface area contributed by atoms with Crippen molar-refractivity contribution in [3.8, 4) is 5.75 Å². The Bertz CT molecular complexity index is 639. The first kappa shape index (κ1) is 10.8. The van der Waals surface area contributed by atoms with E-state index in [0.29, 0.717) is 11.3 Å². The Hall–Kier alpha value is -2.35. The molecule has 0 spiro atoms. The molecule has 0 bridgehead atoms. The van der Waals surface area contributed by atoms with Crippen molar-refractivity contribution in [3.05, 3.63) is 65.7 Å². The third kappa shape index (κ3) is 1.63. The van der Waals surface area contributed by atoms with Gasteiger partial charge >= 0.3 is 5.97 Å². The molecular formula is C16H12O2. The Morgan fingerprint density at radius 1 is 0.944 bits per heavy atom. The van der Waals surface area contributed by atoms with Crippen LogP contribution in [0.5, 0.6) is 5.75 Å². The number of hydrogen-bond acceptors (Lipinski definition) is 2.